The molecule has 1 aliphatic heterocycles. The highest BCUT2D eigenvalue weighted by atomic mass is 32.2. The van der Waals surface area contributed by atoms with Crippen LogP contribution in [0.2, 0.25) is 0 Å². The number of carbonyl (C=O) groups excluding carboxylic acids is 1. The van der Waals surface area contributed by atoms with Gasteiger partial charge in [0.1, 0.15) is 13.2 Å². The Hall–Kier alpha value is -1.80. The molecule has 1 aromatic rings. The Morgan fingerprint density at radius 3 is 2.45 bits per heavy atom. The van der Waals surface area contributed by atoms with E-state index < -0.39 is 21.5 Å². The van der Waals surface area contributed by atoms with E-state index in [1.165, 1.54) is 18.2 Å². The Morgan fingerprint density at radius 1 is 1.18 bits per heavy atom. The normalized spacial score (nSPS) is 14.5. The lowest BCUT2D eigenvalue weighted by molar-refractivity contribution is -0.121. The molecule has 0 bridgehead atoms. The maximum atomic E-state index is 12.2. The molecule has 0 atom stereocenters. The van der Waals surface area contributed by atoms with Crippen LogP contribution >= 0.6 is 0 Å². The minimum Gasteiger partial charge on any atom is -0.486 e. The van der Waals surface area contributed by atoms with Crippen molar-refractivity contribution in [3.05, 3.63) is 18.2 Å². The van der Waals surface area contributed by atoms with Crippen LogP contribution in [0.1, 0.15) is 20.8 Å². The maximum Gasteiger partial charge on any atom is 0.241 e. The zero-order valence-electron chi connectivity index (χ0n) is 12.8. The van der Waals surface area contributed by atoms with Crippen LogP contribution in [0.25, 0.3) is 0 Å². The van der Waals surface area contributed by atoms with Crippen molar-refractivity contribution in [3.63, 3.8) is 0 Å². The van der Waals surface area contributed by atoms with Crippen molar-refractivity contribution < 1.29 is 22.7 Å². The summed E-state index contributed by atoms with van der Waals surface area (Å²) in [6.07, 6.45) is 0. The molecule has 0 radical (unpaired) electrons. The summed E-state index contributed by atoms with van der Waals surface area (Å²) >= 11 is 0. The lowest BCUT2D eigenvalue weighted by atomic mass is 10.1. The zero-order chi connectivity index (χ0) is 16.4. The third-order valence-electron chi connectivity index (χ3n) is 2.76. The lowest BCUT2D eigenvalue weighted by Gasteiger charge is -2.21. The quantitative estimate of drug-likeness (QED) is 0.846. The van der Waals surface area contributed by atoms with Crippen molar-refractivity contribution in [2.24, 2.45) is 0 Å². The molecule has 7 nitrogen and oxygen atoms in total. The molecule has 122 valence electrons. The molecular formula is C14H20N2O5S. The van der Waals surface area contributed by atoms with Gasteiger partial charge in [-0.1, -0.05) is 0 Å². The molecular weight excluding hydrogens is 308 g/mol. The van der Waals surface area contributed by atoms with Crippen LogP contribution in [-0.4, -0.2) is 39.6 Å². The fourth-order valence-corrected chi connectivity index (χ4v) is 2.89. The van der Waals surface area contributed by atoms with Crippen LogP contribution in [0.4, 0.5) is 0 Å². The SMILES string of the molecule is CC(C)(C)NC(=O)CNS(=O)(=O)c1ccc2c(c1)OCCO2. The second-order valence-electron chi connectivity index (χ2n) is 5.93. The van der Waals surface area contributed by atoms with Crippen molar-refractivity contribution in [1.82, 2.24) is 10.0 Å². The third kappa shape index (κ3) is 4.35. The van der Waals surface area contributed by atoms with Crippen molar-refractivity contribution in [2.75, 3.05) is 19.8 Å². The number of amides is 1. The van der Waals surface area contributed by atoms with E-state index in [9.17, 15) is 13.2 Å². The Labute approximate surface area is 130 Å². The first-order valence-corrected chi connectivity index (χ1v) is 8.36. The van der Waals surface area contributed by atoms with Crippen molar-refractivity contribution >= 4 is 15.9 Å². The van der Waals surface area contributed by atoms with E-state index in [1.807, 2.05) is 20.8 Å². The molecule has 0 aliphatic carbocycles. The Balaban J connectivity index is 2.06. The van der Waals surface area contributed by atoms with Gasteiger partial charge in [-0.3, -0.25) is 4.79 Å². The topological polar surface area (TPSA) is 93.7 Å². The standard InChI is InChI=1S/C14H20N2O5S/c1-14(2,3)16-13(17)9-15-22(18,19)10-4-5-11-12(8-10)21-7-6-20-11/h4-5,8,15H,6-7,9H2,1-3H3,(H,16,17). The second-order valence-corrected chi connectivity index (χ2v) is 7.70. The molecule has 1 amide bonds. The van der Waals surface area contributed by atoms with Crippen molar-refractivity contribution in [3.8, 4) is 11.5 Å². The highest BCUT2D eigenvalue weighted by Gasteiger charge is 2.21. The molecule has 0 unspecified atom stereocenters. The molecule has 22 heavy (non-hydrogen) atoms. The number of fused-ring (bicyclic) bond motifs is 1. The van der Waals surface area contributed by atoms with Gasteiger partial charge in [0.15, 0.2) is 11.5 Å². The highest BCUT2D eigenvalue weighted by Crippen LogP contribution is 2.32. The smallest absolute Gasteiger partial charge is 0.241 e. The summed E-state index contributed by atoms with van der Waals surface area (Å²) in [5, 5.41) is 2.68. The Kier molecular flexibility index (Phi) is 4.62. The predicted octanol–water partition coefficient (Wildman–Crippen LogP) is 0.651. The summed E-state index contributed by atoms with van der Waals surface area (Å²) in [6, 6.07) is 4.34. The first-order chi connectivity index (χ1) is 10.2. The summed E-state index contributed by atoms with van der Waals surface area (Å²) in [4.78, 5) is 11.7. The predicted molar refractivity (Wildman–Crippen MR) is 80.5 cm³/mol. The van der Waals surface area contributed by atoms with Crippen LogP contribution in [0.3, 0.4) is 0 Å². The number of benzene rings is 1. The molecule has 1 heterocycles. The molecule has 1 aromatic carbocycles. The Morgan fingerprint density at radius 2 is 1.82 bits per heavy atom. The molecule has 2 rings (SSSR count). The van der Waals surface area contributed by atoms with Crippen LogP contribution in [-0.2, 0) is 14.8 Å². The number of nitrogens with one attached hydrogen (secondary N) is 2. The minimum absolute atomic E-state index is 0.0281. The number of hydrogen-bond acceptors (Lipinski definition) is 5. The van der Waals surface area contributed by atoms with E-state index >= 15 is 0 Å². The molecule has 1 aliphatic rings. The highest BCUT2D eigenvalue weighted by molar-refractivity contribution is 7.89. The lowest BCUT2D eigenvalue weighted by Crippen LogP contribution is -2.45. The van der Waals surface area contributed by atoms with Gasteiger partial charge in [0.2, 0.25) is 15.9 Å². The fourth-order valence-electron chi connectivity index (χ4n) is 1.90. The van der Waals surface area contributed by atoms with Crippen molar-refractivity contribution in [1.29, 1.82) is 0 Å². The van der Waals surface area contributed by atoms with Crippen LogP contribution in [0.5, 0.6) is 11.5 Å². The molecule has 0 saturated carbocycles. The van der Waals surface area contributed by atoms with Crippen molar-refractivity contribution in [2.45, 2.75) is 31.2 Å². The monoisotopic (exact) mass is 328 g/mol. The fraction of sp³-hybridized carbons (Fsp3) is 0.500. The van der Waals surface area contributed by atoms with E-state index in [0.29, 0.717) is 24.7 Å². The number of hydrogen-bond donors (Lipinski definition) is 2. The average Bonchev–Trinajstić information content (AvgIpc) is 2.43. The molecule has 0 spiro atoms. The van der Waals surface area contributed by atoms with Gasteiger partial charge in [0, 0.05) is 11.6 Å². The van der Waals surface area contributed by atoms with Gasteiger partial charge in [-0.05, 0) is 32.9 Å². The summed E-state index contributed by atoms with van der Waals surface area (Å²) in [5.74, 6) is 0.498. The molecule has 0 fully saturated rings. The van der Waals surface area contributed by atoms with Gasteiger partial charge in [-0.15, -0.1) is 0 Å². The van der Waals surface area contributed by atoms with Gasteiger partial charge in [0.25, 0.3) is 0 Å². The molecule has 2 N–H and O–H groups in total. The molecule has 8 heteroatoms. The number of ether oxygens (including phenoxy) is 2. The molecule has 0 saturated heterocycles. The second kappa shape index (κ2) is 6.13. The van der Waals surface area contributed by atoms with Crippen LogP contribution in [0.15, 0.2) is 23.1 Å². The summed E-state index contributed by atoms with van der Waals surface area (Å²) in [5.41, 5.74) is -0.417. The van der Waals surface area contributed by atoms with Gasteiger partial charge in [-0.2, -0.15) is 0 Å². The number of rotatable bonds is 4. The van der Waals surface area contributed by atoms with Crippen LogP contribution in [0, 0.1) is 0 Å². The van der Waals surface area contributed by atoms with E-state index in [0.717, 1.165) is 0 Å². The summed E-state index contributed by atoms with van der Waals surface area (Å²) in [7, 11) is -3.79. The maximum absolute atomic E-state index is 12.2. The minimum atomic E-state index is -3.79. The van der Waals surface area contributed by atoms with Gasteiger partial charge < -0.3 is 14.8 Å². The number of sulfonamides is 1. The van der Waals surface area contributed by atoms with Gasteiger partial charge >= 0.3 is 0 Å². The number of carbonyl (C=O) groups is 1. The average molecular weight is 328 g/mol. The van der Waals surface area contributed by atoms with Gasteiger partial charge in [-0.25, -0.2) is 13.1 Å². The van der Waals surface area contributed by atoms with E-state index in [-0.39, 0.29) is 11.4 Å². The molecule has 0 aromatic heterocycles. The van der Waals surface area contributed by atoms with Crippen LogP contribution < -0.4 is 19.5 Å². The van der Waals surface area contributed by atoms with E-state index in [2.05, 4.69) is 10.0 Å². The first-order valence-electron chi connectivity index (χ1n) is 6.88. The Bertz CT molecular complexity index is 664. The zero-order valence-corrected chi connectivity index (χ0v) is 13.6. The first kappa shape index (κ1) is 16.6. The van der Waals surface area contributed by atoms with Gasteiger partial charge in [0.05, 0.1) is 11.4 Å². The third-order valence-corrected chi connectivity index (χ3v) is 4.16. The van der Waals surface area contributed by atoms with E-state index in [1.54, 1.807) is 0 Å². The summed E-state index contributed by atoms with van der Waals surface area (Å²) < 4.78 is 37.4. The largest absolute Gasteiger partial charge is 0.486 e. The summed E-state index contributed by atoms with van der Waals surface area (Å²) in [6.45, 7) is 5.94. The van der Waals surface area contributed by atoms with E-state index in [4.69, 9.17) is 9.47 Å².